The minimum atomic E-state index is -0.236. The summed E-state index contributed by atoms with van der Waals surface area (Å²) in [7, 11) is 0. The zero-order valence-corrected chi connectivity index (χ0v) is 11.9. The third-order valence-corrected chi connectivity index (χ3v) is 3.85. The van der Waals surface area contributed by atoms with E-state index in [1.807, 2.05) is 5.01 Å². The van der Waals surface area contributed by atoms with Crippen LogP contribution in [-0.2, 0) is 0 Å². The molecule has 0 aromatic carbocycles. The number of hydrazine groups is 1. The molecule has 3 N–H and O–H groups in total. The monoisotopic (exact) mass is 282 g/mol. The normalized spacial score (nSPS) is 24.2. The Kier molecular flexibility index (Phi) is 4.27. The number of piperidine rings is 1. The maximum absolute atomic E-state index is 12.3. The van der Waals surface area contributed by atoms with E-state index in [9.17, 15) is 4.79 Å². The highest BCUT2D eigenvalue weighted by atomic mass is 35.5. The van der Waals surface area contributed by atoms with Crippen LogP contribution in [0.1, 0.15) is 43.5 Å². The Morgan fingerprint density at radius 1 is 1.47 bits per heavy atom. The van der Waals surface area contributed by atoms with Gasteiger partial charge in [-0.05, 0) is 32.8 Å². The zero-order valence-electron chi connectivity index (χ0n) is 11.2. The van der Waals surface area contributed by atoms with Gasteiger partial charge in [0.15, 0.2) is 0 Å². The summed E-state index contributed by atoms with van der Waals surface area (Å²) in [6, 6.07) is 2.15. The Morgan fingerprint density at radius 2 is 2.11 bits per heavy atom. The second kappa shape index (κ2) is 5.75. The molecule has 1 aliphatic heterocycles. The number of hydrogen-bond donors (Lipinski definition) is 2. The summed E-state index contributed by atoms with van der Waals surface area (Å²) in [6.45, 7) is 4.22. The Hall–Kier alpha value is -1.33. The van der Waals surface area contributed by atoms with Crippen molar-refractivity contribution in [3.63, 3.8) is 0 Å². The molecule has 1 amide bonds. The Bertz CT molecular complexity index is 470. The summed E-state index contributed by atoms with van der Waals surface area (Å²) >= 11 is 5.98. The topological polar surface area (TPSA) is 71.2 Å². The van der Waals surface area contributed by atoms with Crippen LogP contribution >= 0.6 is 11.6 Å². The standard InChI is InChI=1S/C13H19ClN4O/c1-8-4-3-5-9(2)18(8)17-13(19)10-6-12(15)16-7-11(10)14/h6-9H,3-5H2,1-2H3,(H2,15,16)(H,17,19). The van der Waals surface area contributed by atoms with Gasteiger partial charge in [-0.2, -0.15) is 0 Å². The van der Waals surface area contributed by atoms with Gasteiger partial charge in [-0.1, -0.05) is 18.0 Å². The summed E-state index contributed by atoms with van der Waals surface area (Å²) < 4.78 is 0. The number of nitrogens with zero attached hydrogens (tertiary/aromatic N) is 2. The van der Waals surface area contributed by atoms with Crippen LogP contribution in [0.4, 0.5) is 5.82 Å². The SMILES string of the molecule is CC1CCCC(C)N1NC(=O)c1cc(N)ncc1Cl. The van der Waals surface area contributed by atoms with E-state index < -0.39 is 0 Å². The fourth-order valence-electron chi connectivity index (χ4n) is 2.45. The number of aromatic nitrogens is 1. The fraction of sp³-hybridized carbons (Fsp3) is 0.538. The maximum Gasteiger partial charge on any atom is 0.267 e. The van der Waals surface area contributed by atoms with Gasteiger partial charge in [0.25, 0.3) is 5.91 Å². The smallest absolute Gasteiger partial charge is 0.267 e. The Morgan fingerprint density at radius 3 is 2.74 bits per heavy atom. The minimum Gasteiger partial charge on any atom is -0.384 e. The van der Waals surface area contributed by atoms with Gasteiger partial charge in [-0.15, -0.1) is 0 Å². The highest BCUT2D eigenvalue weighted by Crippen LogP contribution is 2.22. The van der Waals surface area contributed by atoms with Crippen LogP contribution in [0.15, 0.2) is 12.3 Å². The molecule has 0 spiro atoms. The third-order valence-electron chi connectivity index (χ3n) is 3.55. The molecule has 5 nitrogen and oxygen atoms in total. The molecule has 6 heteroatoms. The van der Waals surface area contributed by atoms with Crippen LogP contribution in [0.3, 0.4) is 0 Å². The lowest BCUT2D eigenvalue weighted by molar-refractivity contribution is 0.0370. The summed E-state index contributed by atoms with van der Waals surface area (Å²) in [4.78, 5) is 16.1. The van der Waals surface area contributed by atoms with Gasteiger partial charge in [0.05, 0.1) is 10.6 Å². The summed E-state index contributed by atoms with van der Waals surface area (Å²) in [5.41, 5.74) is 8.88. The second-order valence-electron chi connectivity index (χ2n) is 5.07. The Labute approximate surface area is 118 Å². The number of anilines is 1. The van der Waals surface area contributed by atoms with E-state index in [-0.39, 0.29) is 11.7 Å². The fourth-order valence-corrected chi connectivity index (χ4v) is 2.64. The number of nitrogens with two attached hydrogens (primary N) is 1. The van der Waals surface area contributed by atoms with Crippen LogP contribution in [-0.4, -0.2) is 28.0 Å². The van der Waals surface area contributed by atoms with Crippen LogP contribution < -0.4 is 11.2 Å². The van der Waals surface area contributed by atoms with Crippen molar-refractivity contribution in [1.29, 1.82) is 0 Å². The summed E-state index contributed by atoms with van der Waals surface area (Å²) in [6.07, 6.45) is 4.75. The van der Waals surface area contributed by atoms with E-state index in [2.05, 4.69) is 24.3 Å². The van der Waals surface area contributed by atoms with Gasteiger partial charge in [0.1, 0.15) is 5.82 Å². The number of carbonyl (C=O) groups is 1. The number of amides is 1. The highest BCUT2D eigenvalue weighted by molar-refractivity contribution is 6.33. The minimum absolute atomic E-state index is 0.236. The van der Waals surface area contributed by atoms with Crippen molar-refractivity contribution in [2.75, 3.05) is 5.73 Å². The average Bonchev–Trinajstić information content (AvgIpc) is 2.37. The van der Waals surface area contributed by atoms with Crippen molar-refractivity contribution in [2.24, 2.45) is 0 Å². The molecule has 0 radical (unpaired) electrons. The molecular formula is C13H19ClN4O. The molecule has 0 saturated carbocycles. The maximum atomic E-state index is 12.3. The van der Waals surface area contributed by atoms with E-state index in [1.165, 1.54) is 18.7 Å². The Balaban J connectivity index is 2.14. The number of nitrogens with one attached hydrogen (secondary N) is 1. The van der Waals surface area contributed by atoms with Crippen molar-refractivity contribution in [2.45, 2.75) is 45.2 Å². The van der Waals surface area contributed by atoms with Crippen LogP contribution in [0, 0.1) is 0 Å². The molecule has 2 unspecified atom stereocenters. The molecule has 1 fully saturated rings. The first-order valence-corrected chi connectivity index (χ1v) is 6.87. The number of rotatable bonds is 2. The first-order valence-electron chi connectivity index (χ1n) is 6.49. The lowest BCUT2D eigenvalue weighted by Gasteiger charge is -2.38. The van der Waals surface area contributed by atoms with E-state index in [0.717, 1.165) is 12.8 Å². The molecule has 1 aromatic rings. The largest absolute Gasteiger partial charge is 0.384 e. The van der Waals surface area contributed by atoms with E-state index in [1.54, 1.807) is 0 Å². The molecule has 2 rings (SSSR count). The highest BCUT2D eigenvalue weighted by Gasteiger charge is 2.27. The predicted octanol–water partition coefficient (Wildman–Crippen LogP) is 2.22. The lowest BCUT2D eigenvalue weighted by Crippen LogP contribution is -2.54. The van der Waals surface area contributed by atoms with E-state index in [0.29, 0.717) is 22.7 Å². The first kappa shape index (κ1) is 14.1. The summed E-state index contributed by atoms with van der Waals surface area (Å²) in [5.74, 6) is 0.0500. The van der Waals surface area contributed by atoms with Gasteiger partial charge in [0.2, 0.25) is 0 Å². The van der Waals surface area contributed by atoms with Gasteiger partial charge in [-0.25, -0.2) is 9.99 Å². The van der Waals surface area contributed by atoms with Gasteiger partial charge < -0.3 is 5.73 Å². The molecule has 19 heavy (non-hydrogen) atoms. The number of hydrogen-bond acceptors (Lipinski definition) is 4. The number of pyridine rings is 1. The molecule has 1 aliphatic rings. The third kappa shape index (κ3) is 3.16. The van der Waals surface area contributed by atoms with E-state index in [4.69, 9.17) is 17.3 Å². The molecule has 0 aliphatic carbocycles. The van der Waals surface area contributed by atoms with Crippen molar-refractivity contribution in [3.8, 4) is 0 Å². The molecule has 104 valence electrons. The lowest BCUT2D eigenvalue weighted by atomic mass is 10.00. The van der Waals surface area contributed by atoms with Gasteiger partial charge >= 0.3 is 0 Å². The van der Waals surface area contributed by atoms with Crippen molar-refractivity contribution in [1.82, 2.24) is 15.4 Å². The van der Waals surface area contributed by atoms with Crippen molar-refractivity contribution >= 4 is 23.3 Å². The van der Waals surface area contributed by atoms with Crippen LogP contribution in [0.25, 0.3) is 0 Å². The summed E-state index contributed by atoms with van der Waals surface area (Å²) in [5, 5.41) is 2.31. The molecule has 1 aromatic heterocycles. The van der Waals surface area contributed by atoms with Crippen LogP contribution in [0.5, 0.6) is 0 Å². The number of carbonyl (C=O) groups excluding carboxylic acids is 1. The number of halogens is 1. The quantitative estimate of drug-likeness (QED) is 0.872. The zero-order chi connectivity index (χ0) is 14.0. The van der Waals surface area contributed by atoms with Gasteiger partial charge in [0, 0.05) is 18.3 Å². The number of nitrogen functional groups attached to an aromatic ring is 1. The van der Waals surface area contributed by atoms with Crippen LogP contribution in [0.2, 0.25) is 5.02 Å². The average molecular weight is 283 g/mol. The molecular weight excluding hydrogens is 264 g/mol. The second-order valence-corrected chi connectivity index (χ2v) is 5.47. The van der Waals surface area contributed by atoms with Crippen molar-refractivity contribution in [3.05, 3.63) is 22.8 Å². The molecule has 2 heterocycles. The molecule has 0 bridgehead atoms. The first-order chi connectivity index (χ1) is 8.99. The van der Waals surface area contributed by atoms with Crippen molar-refractivity contribution < 1.29 is 4.79 Å². The van der Waals surface area contributed by atoms with E-state index >= 15 is 0 Å². The molecule has 2 atom stereocenters. The predicted molar refractivity (Wildman–Crippen MR) is 75.7 cm³/mol. The van der Waals surface area contributed by atoms with Gasteiger partial charge in [-0.3, -0.25) is 10.2 Å². The molecule has 1 saturated heterocycles.